The number of nitrogens with one attached hydrogen (secondary N) is 1. The minimum Gasteiger partial charge on any atom is -0.465 e. The van der Waals surface area contributed by atoms with E-state index in [1.807, 2.05) is 24.4 Å². The van der Waals surface area contributed by atoms with Gasteiger partial charge in [-0.1, -0.05) is 48.0 Å². The number of piperidine rings is 1. The number of aryl methyl sites for hydroxylation is 1. The molecule has 2 N–H and O–H groups in total. The highest BCUT2D eigenvalue weighted by Gasteiger charge is 2.40. The first-order chi connectivity index (χ1) is 22.1. The Morgan fingerprint density at radius 1 is 0.957 bits per heavy atom. The van der Waals surface area contributed by atoms with E-state index < -0.39 is 12.5 Å². The lowest BCUT2D eigenvalue weighted by atomic mass is 9.77. The molecule has 1 amide bonds. The van der Waals surface area contributed by atoms with Crippen LogP contribution in [0.25, 0.3) is 22.0 Å². The van der Waals surface area contributed by atoms with Gasteiger partial charge in [0.1, 0.15) is 5.75 Å². The molecule has 2 fully saturated rings. The molecule has 1 aromatic heterocycles. The second kappa shape index (κ2) is 13.6. The molecule has 0 atom stereocenters. The quantitative estimate of drug-likeness (QED) is 0.170. The van der Waals surface area contributed by atoms with Crippen LogP contribution in [0.2, 0.25) is 5.02 Å². The van der Waals surface area contributed by atoms with Crippen molar-refractivity contribution >= 4 is 28.6 Å². The van der Waals surface area contributed by atoms with Crippen LogP contribution < -0.4 is 10.1 Å². The highest BCUT2D eigenvalue weighted by molar-refractivity contribution is 6.31. The molecule has 3 heterocycles. The lowest BCUT2D eigenvalue weighted by Gasteiger charge is -2.39. The van der Waals surface area contributed by atoms with Crippen molar-refractivity contribution in [3.05, 3.63) is 89.1 Å². The van der Waals surface area contributed by atoms with Crippen LogP contribution in [0.3, 0.4) is 0 Å². The number of amides is 1. The van der Waals surface area contributed by atoms with Gasteiger partial charge in [0.25, 0.3) is 0 Å². The van der Waals surface area contributed by atoms with Gasteiger partial charge in [-0.2, -0.15) is 0 Å². The van der Waals surface area contributed by atoms with Crippen LogP contribution in [0, 0.1) is 5.41 Å². The third-order valence-corrected chi connectivity index (χ3v) is 9.76. The Morgan fingerprint density at radius 3 is 2.37 bits per heavy atom. The Labute approximate surface area is 271 Å². The number of halogens is 4. The third kappa shape index (κ3) is 7.79. The number of rotatable bonds is 10. The number of benzene rings is 3. The largest absolute Gasteiger partial charge is 0.573 e. The van der Waals surface area contributed by atoms with Crippen molar-refractivity contribution < 1.29 is 27.8 Å². The summed E-state index contributed by atoms with van der Waals surface area (Å²) in [5.74, 6) is -0.266. The molecule has 6 rings (SSSR count). The SMILES string of the molecule is O=C(O)NCCCn1cc(-c2ccc(OC(F)(F)F)cc2)c2cc(CN3CCC4(CCN(Cc5ccccc5Cl)CC4)C3)ccc21. The Bertz CT molecular complexity index is 1670. The molecule has 0 radical (unpaired) electrons. The first-order valence-corrected chi connectivity index (χ1v) is 16.1. The second-order valence-electron chi connectivity index (χ2n) is 12.6. The number of carbonyl (C=O) groups is 1. The van der Waals surface area contributed by atoms with Gasteiger partial charge in [0, 0.05) is 60.4 Å². The van der Waals surface area contributed by atoms with Crippen molar-refractivity contribution in [2.45, 2.75) is 51.7 Å². The zero-order valence-electron chi connectivity index (χ0n) is 25.5. The van der Waals surface area contributed by atoms with Gasteiger partial charge in [0.05, 0.1) is 0 Å². The van der Waals surface area contributed by atoms with Crippen LogP contribution in [0.15, 0.2) is 72.9 Å². The summed E-state index contributed by atoms with van der Waals surface area (Å²) in [5.41, 5.74) is 5.38. The number of hydrogen-bond donors (Lipinski definition) is 2. The van der Waals surface area contributed by atoms with Gasteiger partial charge >= 0.3 is 12.5 Å². The van der Waals surface area contributed by atoms with Crippen LogP contribution in [0.1, 0.15) is 36.8 Å². The van der Waals surface area contributed by atoms with Gasteiger partial charge in [0.2, 0.25) is 0 Å². The van der Waals surface area contributed by atoms with Crippen LogP contribution in [0.5, 0.6) is 5.75 Å². The number of alkyl halides is 3. The molecule has 2 saturated heterocycles. The summed E-state index contributed by atoms with van der Waals surface area (Å²) in [6.07, 6.45) is 0.314. The van der Waals surface area contributed by atoms with Gasteiger partial charge in [0.15, 0.2) is 0 Å². The number of ether oxygens (including phenoxy) is 1. The molecule has 46 heavy (non-hydrogen) atoms. The number of fused-ring (bicyclic) bond motifs is 1. The fourth-order valence-electron chi connectivity index (χ4n) is 7.02. The molecule has 3 aromatic carbocycles. The summed E-state index contributed by atoms with van der Waals surface area (Å²) >= 11 is 6.41. The first-order valence-electron chi connectivity index (χ1n) is 15.7. The molecule has 1 spiro atoms. The van der Waals surface area contributed by atoms with E-state index in [9.17, 15) is 18.0 Å². The molecule has 244 valence electrons. The van der Waals surface area contributed by atoms with Gasteiger partial charge in [-0.25, -0.2) is 4.79 Å². The highest BCUT2D eigenvalue weighted by atomic mass is 35.5. The predicted octanol–water partition coefficient (Wildman–Crippen LogP) is 8.01. The number of likely N-dealkylation sites (tertiary alicyclic amines) is 2. The van der Waals surface area contributed by atoms with E-state index in [0.717, 1.165) is 66.3 Å². The van der Waals surface area contributed by atoms with Gasteiger partial charge in [-0.05, 0) is 97.8 Å². The van der Waals surface area contributed by atoms with Crippen molar-refractivity contribution in [2.24, 2.45) is 5.41 Å². The molecule has 11 heteroatoms. The lowest BCUT2D eigenvalue weighted by Crippen LogP contribution is -2.41. The summed E-state index contributed by atoms with van der Waals surface area (Å²) in [5, 5.41) is 13.2. The molecule has 2 aliphatic rings. The first kappa shape index (κ1) is 32.2. The second-order valence-corrected chi connectivity index (χ2v) is 13.0. The Kier molecular flexibility index (Phi) is 9.49. The molecule has 4 aromatic rings. The van der Waals surface area contributed by atoms with Crippen LogP contribution >= 0.6 is 11.6 Å². The molecule has 0 bridgehead atoms. The Hall–Kier alpha value is -3.73. The fourth-order valence-corrected chi connectivity index (χ4v) is 7.22. The van der Waals surface area contributed by atoms with Crippen molar-refractivity contribution in [3.8, 4) is 16.9 Å². The van der Waals surface area contributed by atoms with E-state index in [0.29, 0.717) is 24.9 Å². The summed E-state index contributed by atoms with van der Waals surface area (Å²) in [7, 11) is 0. The van der Waals surface area contributed by atoms with E-state index in [2.05, 4.69) is 48.7 Å². The maximum Gasteiger partial charge on any atom is 0.573 e. The van der Waals surface area contributed by atoms with Crippen LogP contribution in [-0.2, 0) is 19.6 Å². The molecule has 2 aliphatic heterocycles. The van der Waals surface area contributed by atoms with E-state index in [4.69, 9.17) is 16.7 Å². The van der Waals surface area contributed by atoms with Crippen molar-refractivity contribution in [1.29, 1.82) is 0 Å². The predicted molar refractivity (Wildman–Crippen MR) is 173 cm³/mol. The fraction of sp³-hybridized carbons (Fsp3) is 0.400. The standard InChI is InChI=1S/C35H38ClF3N4O3/c36-31-5-2-1-4-27(31)22-41-17-12-34(13-18-41)14-19-42(24-34)21-25-6-11-32-29(20-25)30(23-43(32)16-3-15-40-33(44)45)26-7-9-28(10-8-26)46-35(37,38)39/h1-2,4-11,20,23,40H,3,12-19,21-22,24H2,(H,44,45). The molecule has 7 nitrogen and oxygen atoms in total. The topological polar surface area (TPSA) is 70.0 Å². The summed E-state index contributed by atoms with van der Waals surface area (Å²) in [4.78, 5) is 15.9. The van der Waals surface area contributed by atoms with Gasteiger partial charge in [-0.3, -0.25) is 9.80 Å². The summed E-state index contributed by atoms with van der Waals surface area (Å²) in [6.45, 7) is 6.87. The third-order valence-electron chi connectivity index (χ3n) is 9.39. The zero-order valence-corrected chi connectivity index (χ0v) is 26.3. The molecule has 0 saturated carbocycles. The summed E-state index contributed by atoms with van der Waals surface area (Å²) in [6, 6.07) is 20.4. The smallest absolute Gasteiger partial charge is 0.465 e. The van der Waals surface area contributed by atoms with E-state index in [1.54, 1.807) is 12.1 Å². The molecule has 0 aliphatic carbocycles. The van der Waals surface area contributed by atoms with E-state index in [1.165, 1.54) is 42.5 Å². The minimum atomic E-state index is -4.75. The maximum absolute atomic E-state index is 12.7. The number of hydrogen-bond acceptors (Lipinski definition) is 4. The van der Waals surface area contributed by atoms with Crippen molar-refractivity contribution in [2.75, 3.05) is 32.7 Å². The van der Waals surface area contributed by atoms with Crippen LogP contribution in [-0.4, -0.2) is 64.7 Å². The molecule has 0 unspecified atom stereocenters. The average molecular weight is 655 g/mol. The van der Waals surface area contributed by atoms with Crippen LogP contribution in [0.4, 0.5) is 18.0 Å². The van der Waals surface area contributed by atoms with E-state index in [-0.39, 0.29) is 5.75 Å². The van der Waals surface area contributed by atoms with Crippen molar-refractivity contribution in [1.82, 2.24) is 19.7 Å². The van der Waals surface area contributed by atoms with Gasteiger partial charge in [-0.15, -0.1) is 13.2 Å². The highest BCUT2D eigenvalue weighted by Crippen LogP contribution is 2.42. The number of aromatic nitrogens is 1. The van der Waals surface area contributed by atoms with E-state index >= 15 is 0 Å². The monoisotopic (exact) mass is 654 g/mol. The molecular formula is C35H38ClF3N4O3. The number of carboxylic acid groups (broad SMARTS) is 1. The molecular weight excluding hydrogens is 617 g/mol. The maximum atomic E-state index is 12.7. The van der Waals surface area contributed by atoms with Crippen molar-refractivity contribution in [3.63, 3.8) is 0 Å². The van der Waals surface area contributed by atoms with Gasteiger partial charge < -0.3 is 19.7 Å². The Morgan fingerprint density at radius 2 is 1.67 bits per heavy atom. The lowest BCUT2D eigenvalue weighted by molar-refractivity contribution is -0.274. The Balaban J connectivity index is 1.15. The normalized spacial score (nSPS) is 17.1. The zero-order chi connectivity index (χ0) is 32.3. The number of nitrogens with zero attached hydrogens (tertiary/aromatic N) is 3. The minimum absolute atomic E-state index is 0.266. The summed E-state index contributed by atoms with van der Waals surface area (Å²) < 4.78 is 44.4. The average Bonchev–Trinajstić information content (AvgIpc) is 3.58.